The van der Waals surface area contributed by atoms with E-state index in [1.807, 2.05) is 0 Å². The van der Waals surface area contributed by atoms with Gasteiger partial charge in [-0.05, 0) is 55.6 Å². The highest BCUT2D eigenvalue weighted by Crippen LogP contribution is 2.30. The van der Waals surface area contributed by atoms with E-state index in [4.69, 9.17) is 0 Å². The van der Waals surface area contributed by atoms with Crippen LogP contribution in [0.5, 0.6) is 5.75 Å². The van der Waals surface area contributed by atoms with Gasteiger partial charge in [-0.15, -0.1) is 13.2 Å². The first-order valence-corrected chi connectivity index (χ1v) is 10.7. The summed E-state index contributed by atoms with van der Waals surface area (Å²) >= 11 is 0. The number of nitrogens with zero attached hydrogens (tertiary/aromatic N) is 3. The normalized spacial score (nSPS) is 19.0. The number of rotatable bonds is 6. The van der Waals surface area contributed by atoms with E-state index >= 15 is 0 Å². The van der Waals surface area contributed by atoms with Crippen LogP contribution in [-0.2, 0) is 11.8 Å². The van der Waals surface area contributed by atoms with Gasteiger partial charge in [-0.2, -0.15) is 0 Å². The van der Waals surface area contributed by atoms with E-state index in [0.29, 0.717) is 23.4 Å². The number of carbonyl (C=O) groups is 1. The Balaban J connectivity index is 1.67. The van der Waals surface area contributed by atoms with E-state index in [-0.39, 0.29) is 17.8 Å². The van der Waals surface area contributed by atoms with Gasteiger partial charge < -0.3 is 24.6 Å². The number of halogens is 3. The van der Waals surface area contributed by atoms with E-state index in [2.05, 4.69) is 15.5 Å². The van der Waals surface area contributed by atoms with Gasteiger partial charge in [-0.25, -0.2) is 10.4 Å². The zero-order chi connectivity index (χ0) is 25.3. The lowest BCUT2D eigenvalue weighted by molar-refractivity contribution is -0.274. The number of ether oxygens (including phenoxy) is 1. The highest BCUT2D eigenvalue weighted by molar-refractivity contribution is 6.07. The van der Waals surface area contributed by atoms with Gasteiger partial charge in [0.25, 0.3) is 11.5 Å². The number of hydrogen-bond donors (Lipinski definition) is 3. The molecule has 1 aromatic carbocycles. The minimum absolute atomic E-state index is 0.202. The third-order valence-electron chi connectivity index (χ3n) is 5.46. The largest absolute Gasteiger partial charge is 0.573 e. The molecule has 3 heterocycles. The Hall–Kier alpha value is -3.77. The van der Waals surface area contributed by atoms with Gasteiger partial charge in [0.15, 0.2) is 0 Å². The van der Waals surface area contributed by atoms with Gasteiger partial charge in [0.2, 0.25) is 0 Å². The van der Waals surface area contributed by atoms with Crippen LogP contribution >= 0.6 is 0 Å². The number of alkyl halides is 3. The minimum atomic E-state index is -4.83. The van der Waals surface area contributed by atoms with Crippen molar-refractivity contribution in [2.75, 3.05) is 23.4 Å². The Morgan fingerprint density at radius 2 is 1.94 bits per heavy atom. The molecule has 0 fully saturated rings. The van der Waals surface area contributed by atoms with Gasteiger partial charge >= 0.3 is 6.36 Å². The number of β-amino-alcohol motifs (C(OH)–C–C–N with tert-alkyl or cyclic N) is 1. The number of hydrogen-bond acceptors (Lipinski definition) is 7. The summed E-state index contributed by atoms with van der Waals surface area (Å²) in [6.45, 7) is 2.14. The predicted octanol–water partition coefficient (Wildman–Crippen LogP) is 2.08. The van der Waals surface area contributed by atoms with Crippen LogP contribution < -0.4 is 26.0 Å². The molecule has 0 bridgehead atoms. The Kier molecular flexibility index (Phi) is 6.59. The second-order valence-corrected chi connectivity index (χ2v) is 8.25. The average Bonchev–Trinajstić information content (AvgIpc) is 2.78. The molecule has 0 saturated heterocycles. The third kappa shape index (κ3) is 5.49. The Bertz CT molecular complexity index is 1220. The number of nitrogens with one attached hydrogen (secondary N) is 2. The van der Waals surface area contributed by atoms with Crippen molar-refractivity contribution in [3.8, 4) is 5.75 Å². The van der Waals surface area contributed by atoms with Gasteiger partial charge in [0.05, 0.1) is 11.8 Å². The summed E-state index contributed by atoms with van der Waals surface area (Å²) in [5, 5.41) is 14.1. The van der Waals surface area contributed by atoms with Crippen molar-refractivity contribution in [1.82, 2.24) is 14.9 Å². The molecule has 2 aliphatic rings. The van der Waals surface area contributed by atoms with Crippen molar-refractivity contribution in [3.05, 3.63) is 76.4 Å². The molecular weight excluding hydrogens is 467 g/mol. The fraction of sp³-hybridized carbons (Fsp3) is 0.304. The number of aliphatic hydroxyl groups is 1. The molecule has 35 heavy (non-hydrogen) atoms. The number of aryl methyl sites for hydroxylation is 1. The third-order valence-corrected chi connectivity index (χ3v) is 5.46. The number of aromatic nitrogens is 1. The highest BCUT2D eigenvalue weighted by Gasteiger charge is 2.36. The molecule has 4 rings (SSSR count). The molecule has 2 atom stereocenters. The molecule has 1 aromatic heterocycles. The van der Waals surface area contributed by atoms with E-state index < -0.39 is 30.3 Å². The molecule has 186 valence electrons. The van der Waals surface area contributed by atoms with Crippen LogP contribution in [0.3, 0.4) is 0 Å². The summed E-state index contributed by atoms with van der Waals surface area (Å²) in [4.78, 5) is 27.7. The van der Waals surface area contributed by atoms with Crippen LogP contribution in [0.15, 0.2) is 70.8 Å². The Labute approximate surface area is 198 Å². The van der Waals surface area contributed by atoms with Gasteiger partial charge in [-0.1, -0.05) is 0 Å². The number of pyridine rings is 1. The average molecular weight is 491 g/mol. The molecular formula is C23H24F3N5O4. The quantitative estimate of drug-likeness (QED) is 0.569. The van der Waals surface area contributed by atoms with Crippen molar-refractivity contribution < 1.29 is 27.8 Å². The van der Waals surface area contributed by atoms with E-state index in [1.54, 1.807) is 49.5 Å². The maximum Gasteiger partial charge on any atom is 0.573 e. The lowest BCUT2D eigenvalue weighted by Crippen LogP contribution is -2.58. The molecule has 3 N–H and O–H groups in total. The summed E-state index contributed by atoms with van der Waals surface area (Å²) < 4.78 is 42.9. The number of anilines is 2. The molecule has 2 unspecified atom stereocenters. The molecule has 9 nitrogen and oxygen atoms in total. The van der Waals surface area contributed by atoms with Crippen LogP contribution in [0.2, 0.25) is 0 Å². The van der Waals surface area contributed by atoms with Crippen LogP contribution in [0.4, 0.5) is 24.5 Å². The van der Waals surface area contributed by atoms with Gasteiger partial charge in [-0.3, -0.25) is 9.59 Å². The second kappa shape index (κ2) is 9.47. The van der Waals surface area contributed by atoms with E-state index in [1.165, 1.54) is 21.7 Å². The van der Waals surface area contributed by atoms with Gasteiger partial charge in [0, 0.05) is 37.5 Å². The first kappa shape index (κ1) is 24.4. The molecule has 12 heteroatoms. The Morgan fingerprint density at radius 3 is 2.60 bits per heavy atom. The van der Waals surface area contributed by atoms with Crippen molar-refractivity contribution >= 4 is 17.3 Å². The zero-order valence-electron chi connectivity index (χ0n) is 18.9. The summed E-state index contributed by atoms with van der Waals surface area (Å²) in [7, 11) is 1.61. The predicted molar refractivity (Wildman–Crippen MR) is 122 cm³/mol. The maximum atomic E-state index is 13.4. The lowest BCUT2D eigenvalue weighted by Gasteiger charge is -2.40. The van der Waals surface area contributed by atoms with Crippen LogP contribution in [0, 0.1) is 0 Å². The first-order valence-electron chi connectivity index (χ1n) is 10.7. The van der Waals surface area contributed by atoms with Crippen molar-refractivity contribution in [1.29, 1.82) is 0 Å². The molecule has 0 radical (unpaired) electrons. The van der Waals surface area contributed by atoms with Crippen LogP contribution in [0.25, 0.3) is 0 Å². The molecule has 0 aliphatic carbocycles. The Morgan fingerprint density at radius 1 is 1.23 bits per heavy atom. The monoisotopic (exact) mass is 491 g/mol. The topological polar surface area (TPSA) is 99.1 Å². The molecule has 0 spiro atoms. The van der Waals surface area contributed by atoms with Gasteiger partial charge in [0.1, 0.15) is 17.6 Å². The summed E-state index contributed by atoms with van der Waals surface area (Å²) in [5.74, 6) is -0.833. The van der Waals surface area contributed by atoms with Crippen molar-refractivity contribution in [2.45, 2.75) is 25.6 Å². The summed E-state index contributed by atoms with van der Waals surface area (Å²) in [6.07, 6.45) is -1.06. The smallest absolute Gasteiger partial charge is 0.406 e. The number of hydrazine groups is 1. The number of amides is 1. The molecule has 2 aliphatic heterocycles. The van der Waals surface area contributed by atoms with Crippen molar-refractivity contribution in [2.24, 2.45) is 7.05 Å². The fourth-order valence-corrected chi connectivity index (χ4v) is 3.91. The van der Waals surface area contributed by atoms with E-state index in [9.17, 15) is 27.9 Å². The SMILES string of the molecule is CC(O)CN1C=CC2=C(C1)C(=O)N(c1ccc(OC(F)(F)F)cc1)NC2Nc1cccn(C)c1=O. The van der Waals surface area contributed by atoms with Crippen LogP contribution in [0.1, 0.15) is 6.92 Å². The highest BCUT2D eigenvalue weighted by atomic mass is 19.4. The fourth-order valence-electron chi connectivity index (χ4n) is 3.91. The molecule has 2 aromatic rings. The van der Waals surface area contributed by atoms with E-state index in [0.717, 1.165) is 12.1 Å². The second-order valence-electron chi connectivity index (χ2n) is 8.25. The van der Waals surface area contributed by atoms with Crippen LogP contribution in [-0.4, -0.2) is 52.2 Å². The first-order chi connectivity index (χ1) is 16.5. The molecule has 1 amide bonds. The maximum absolute atomic E-state index is 13.4. The summed E-state index contributed by atoms with van der Waals surface area (Å²) in [5.41, 5.74) is 4.34. The molecule has 0 saturated carbocycles. The zero-order valence-corrected chi connectivity index (χ0v) is 18.9. The number of benzene rings is 1. The lowest BCUT2D eigenvalue weighted by atomic mass is 9.98. The number of aliphatic hydroxyl groups excluding tert-OH is 1. The number of carbonyl (C=O) groups excluding carboxylic acids is 1. The summed E-state index contributed by atoms with van der Waals surface area (Å²) in [6, 6.07) is 8.17. The minimum Gasteiger partial charge on any atom is -0.406 e. The van der Waals surface area contributed by atoms with Crippen molar-refractivity contribution in [3.63, 3.8) is 0 Å². The standard InChI is InChI=1S/C23H24F3N5O4/c1-14(32)12-30-11-9-17-18(13-30)21(33)31(15-5-7-16(8-6-15)35-23(24,25)26)28-20(17)27-19-4-3-10-29(2)22(19)34/h3-11,14,20,27-28,32H,12-13H2,1-2H3.